The van der Waals surface area contributed by atoms with Crippen molar-refractivity contribution in [2.24, 2.45) is 0 Å². The average molecular weight is 1520 g/mol. The van der Waals surface area contributed by atoms with E-state index < -0.39 is 28.5 Å². The van der Waals surface area contributed by atoms with Crippen LogP contribution < -0.4 is 46.1 Å². The Kier molecular flexibility index (Phi) is 23.3. The zero-order chi connectivity index (χ0) is 74.3. The number of carbonyl (C=O) groups excluding carboxylic acids is 2. The van der Waals surface area contributed by atoms with Crippen LogP contribution in [-0.4, -0.2) is 147 Å². The lowest BCUT2D eigenvalue weighted by Gasteiger charge is -2.49. The monoisotopic (exact) mass is 1520 g/mol. The summed E-state index contributed by atoms with van der Waals surface area (Å²) in [6, 6.07) is 80.9. The van der Waals surface area contributed by atoms with Crippen LogP contribution in [0.1, 0.15) is 44.5 Å². The van der Waals surface area contributed by atoms with E-state index in [1.165, 1.54) is 0 Å². The highest BCUT2D eigenvalue weighted by Crippen LogP contribution is 2.66. The molecular formula is C86H86N6O16P2. The minimum atomic E-state index is -1.85. The highest BCUT2D eigenvalue weighted by atomic mass is 31.2. The van der Waals surface area contributed by atoms with E-state index in [2.05, 4.69) is 9.80 Å². The smallest absolute Gasteiger partial charge is 0.491 e. The Morgan fingerprint density at radius 3 is 0.764 bits per heavy atom. The van der Waals surface area contributed by atoms with Crippen molar-refractivity contribution < 1.29 is 74.6 Å². The van der Waals surface area contributed by atoms with Crippen molar-refractivity contribution in [3.05, 3.63) is 299 Å². The summed E-state index contributed by atoms with van der Waals surface area (Å²) >= 11 is 0. The molecule has 0 radical (unpaired) electrons. The molecule has 110 heavy (non-hydrogen) atoms. The highest BCUT2D eigenvalue weighted by Gasteiger charge is 2.81. The quantitative estimate of drug-likeness (QED) is 0.0739. The number of para-hydroxylation sites is 4. The number of benzene rings is 10. The van der Waals surface area contributed by atoms with Crippen molar-refractivity contribution in [3.8, 4) is 57.5 Å². The van der Waals surface area contributed by atoms with Crippen molar-refractivity contribution in [3.63, 3.8) is 0 Å². The molecule has 0 N–H and O–H groups in total. The second-order valence-electron chi connectivity index (χ2n) is 27.0. The molecule has 2 saturated heterocycles. The van der Waals surface area contributed by atoms with Crippen LogP contribution in [0.15, 0.2) is 255 Å². The van der Waals surface area contributed by atoms with Crippen LogP contribution in [0.5, 0.6) is 57.5 Å². The average Bonchev–Trinajstić information content (AvgIpc) is 1.47. The largest absolute Gasteiger partial charge is 0.530 e. The molecule has 6 heterocycles. The summed E-state index contributed by atoms with van der Waals surface area (Å²) in [5.74, 6) is 5.90. The maximum Gasteiger partial charge on any atom is 0.530 e. The van der Waals surface area contributed by atoms with Gasteiger partial charge < -0.3 is 65.0 Å². The molecule has 24 heteroatoms. The van der Waals surface area contributed by atoms with Gasteiger partial charge in [0.25, 0.3) is 0 Å². The van der Waals surface area contributed by atoms with Gasteiger partial charge in [-0.1, -0.05) is 158 Å². The van der Waals surface area contributed by atoms with Crippen LogP contribution >= 0.6 is 17.2 Å². The molecule has 2 fully saturated rings. The van der Waals surface area contributed by atoms with Gasteiger partial charge in [-0.2, -0.15) is 0 Å². The van der Waals surface area contributed by atoms with Gasteiger partial charge in [0.2, 0.25) is 0 Å². The van der Waals surface area contributed by atoms with Crippen molar-refractivity contribution in [2.75, 3.05) is 105 Å². The SMILES string of the molecule is O=C1N2Cc3c4ccc5c3CN3C(=O)N6Cc7c(ccc(c7CN1C6(c1ccccc1)C23c1ccccc1)OCCOCCN(Cc1ccc(OP(Oc2ccccc2)Oc2ccccc2)cc1)CCOCCO4)OCCOCCN(Cc1ccc(OP(Oc2ccccc2)Oc2ccccc2)cc1)CCOCCO5. The Hall–Kier alpha value is -10.6. The Balaban J connectivity index is 0.690. The summed E-state index contributed by atoms with van der Waals surface area (Å²) in [6.07, 6.45) is 0. The number of hydrogen-bond acceptors (Lipinski definition) is 18. The molecule has 4 amide bonds. The van der Waals surface area contributed by atoms with E-state index in [1.807, 2.05) is 274 Å². The fraction of sp³-hybridized carbons (Fsp3) is 0.279. The lowest BCUT2D eigenvalue weighted by atomic mass is 9.79. The molecule has 0 spiro atoms. The fourth-order valence-electron chi connectivity index (χ4n) is 15.1. The molecule has 10 aromatic carbocycles. The maximum atomic E-state index is 16.7. The molecule has 0 aromatic heterocycles. The second kappa shape index (κ2) is 34.9. The van der Waals surface area contributed by atoms with Gasteiger partial charge >= 0.3 is 29.3 Å². The zero-order valence-corrected chi connectivity index (χ0v) is 62.7. The molecule has 0 atom stereocenters. The van der Waals surface area contributed by atoms with Gasteiger partial charge in [-0.05, 0) is 108 Å². The number of hydrogen-bond donors (Lipinski definition) is 0. The number of amides is 4. The minimum Gasteiger partial charge on any atom is -0.491 e. The molecule has 8 bridgehead atoms. The summed E-state index contributed by atoms with van der Waals surface area (Å²) in [7, 11) is -3.71. The fourth-order valence-corrected chi connectivity index (χ4v) is 17.1. The van der Waals surface area contributed by atoms with E-state index in [0.29, 0.717) is 145 Å². The maximum absolute atomic E-state index is 16.7. The van der Waals surface area contributed by atoms with E-state index >= 15 is 9.59 Å². The predicted octanol–water partition coefficient (Wildman–Crippen LogP) is 15.7. The number of nitrogens with zero attached hydrogens (tertiary/aromatic N) is 6. The Labute approximate surface area is 642 Å². The Morgan fingerprint density at radius 2 is 0.509 bits per heavy atom. The molecule has 10 aromatic rings. The summed E-state index contributed by atoms with van der Waals surface area (Å²) in [6.45, 7) is 7.05. The summed E-state index contributed by atoms with van der Waals surface area (Å²) in [4.78, 5) is 45.6. The van der Waals surface area contributed by atoms with Gasteiger partial charge in [-0.3, -0.25) is 29.4 Å². The van der Waals surface area contributed by atoms with Gasteiger partial charge in [0.15, 0.2) is 11.3 Å². The van der Waals surface area contributed by atoms with E-state index in [4.69, 9.17) is 65.0 Å². The molecule has 22 nitrogen and oxygen atoms in total. The van der Waals surface area contributed by atoms with Crippen LogP contribution in [0.2, 0.25) is 0 Å². The predicted molar refractivity (Wildman–Crippen MR) is 414 cm³/mol. The summed E-state index contributed by atoms with van der Waals surface area (Å²) in [5, 5.41) is 0. The lowest BCUT2D eigenvalue weighted by molar-refractivity contribution is -0.0796. The summed E-state index contributed by atoms with van der Waals surface area (Å²) < 4.78 is 90.9. The third-order valence-electron chi connectivity index (χ3n) is 20.1. The van der Waals surface area contributed by atoms with Crippen molar-refractivity contribution in [1.82, 2.24) is 29.4 Å². The molecule has 0 aliphatic carbocycles. The van der Waals surface area contributed by atoms with Gasteiger partial charge in [0.1, 0.15) is 83.9 Å². The normalized spacial score (nSPS) is 19.4. The van der Waals surface area contributed by atoms with Crippen molar-refractivity contribution >= 4 is 29.3 Å². The molecule has 16 rings (SSSR count). The highest BCUT2D eigenvalue weighted by molar-refractivity contribution is 7.43. The van der Waals surface area contributed by atoms with E-state index in [1.54, 1.807) is 0 Å². The molecule has 0 unspecified atom stereocenters. The van der Waals surface area contributed by atoms with Crippen LogP contribution in [0.4, 0.5) is 9.59 Å². The van der Waals surface area contributed by atoms with Gasteiger partial charge in [-0.15, -0.1) is 0 Å². The topological polar surface area (TPSA) is 183 Å². The van der Waals surface area contributed by atoms with Crippen molar-refractivity contribution in [2.45, 2.75) is 50.6 Å². The van der Waals surface area contributed by atoms with Crippen LogP contribution in [0.25, 0.3) is 0 Å². The molecule has 6 aliphatic rings. The van der Waals surface area contributed by atoms with Gasteiger partial charge in [0, 0.05) is 72.6 Å². The Bertz CT molecular complexity index is 4180. The third kappa shape index (κ3) is 16.2. The van der Waals surface area contributed by atoms with Gasteiger partial charge in [0.05, 0.1) is 79.0 Å². The van der Waals surface area contributed by atoms with Gasteiger partial charge in [-0.25, -0.2) is 9.59 Å². The number of rotatable bonds is 18. The first kappa shape index (κ1) is 73.5. The number of urea groups is 2. The molecule has 0 saturated carbocycles. The zero-order valence-electron chi connectivity index (χ0n) is 60.9. The first-order valence-electron chi connectivity index (χ1n) is 37.3. The first-order valence-corrected chi connectivity index (χ1v) is 39.5. The van der Waals surface area contributed by atoms with Crippen molar-refractivity contribution in [1.29, 1.82) is 0 Å². The molecular weight excluding hydrogens is 1430 g/mol. The number of carbonyl (C=O) groups is 2. The molecule has 566 valence electrons. The van der Waals surface area contributed by atoms with E-state index in [0.717, 1.165) is 22.3 Å². The van der Waals surface area contributed by atoms with Crippen LogP contribution in [0.3, 0.4) is 0 Å². The minimum absolute atomic E-state index is 0.0388. The van der Waals surface area contributed by atoms with E-state index in [9.17, 15) is 0 Å². The van der Waals surface area contributed by atoms with Crippen LogP contribution in [0, 0.1) is 0 Å². The lowest BCUT2D eigenvalue weighted by Crippen LogP contribution is -2.62. The summed E-state index contributed by atoms with van der Waals surface area (Å²) in [5.41, 5.74) is 3.47. The third-order valence-corrected chi connectivity index (χ3v) is 22.3. The Morgan fingerprint density at radius 1 is 0.273 bits per heavy atom. The standard InChI is InChI=1S/C86H86N6O16P2/c93-83-89-61-75-76-62-90-84(94)92-64-78-77(63-91(83)86(92,68-21-9-2-10-22-68)85(89,90)67-19-7-1-8-20-67)81-41-42-82(78)102-58-54-98-50-46-88(60-66-33-37-74(38-34-66)108-110(105-71-27-15-5-16-28-71)106-72-29-17-6-18-30-72)44-48-96-52-56-100-80(76)40-39-79(75)99-55-51-95-47-43-87(45-49-97-53-57-101-81)59-65-31-35-73(36-32-65)107-109(103-69-23-11-3-12-24-69)104-70-25-13-4-14-26-70/h1-42H,43-64H2. The second-order valence-corrected chi connectivity index (χ2v) is 28.9. The van der Waals surface area contributed by atoms with E-state index in [-0.39, 0.29) is 91.1 Å². The number of ether oxygens (including phenoxy) is 8. The molecule has 6 aliphatic heterocycles. The van der Waals surface area contributed by atoms with Crippen LogP contribution in [-0.2, 0) is 69.5 Å². The first-order chi connectivity index (χ1) is 54.3.